The van der Waals surface area contributed by atoms with Gasteiger partial charge in [0, 0.05) is 12.8 Å². The zero-order valence-corrected chi connectivity index (χ0v) is 69.1. The third kappa shape index (κ3) is 84.5. The Kier molecular flexibility index (Phi) is 81.6. The molecule has 0 spiro atoms. The summed E-state index contributed by atoms with van der Waals surface area (Å²) < 4.78 is 23.1. The minimum absolute atomic E-state index is 0.174. The maximum atomic E-state index is 13.0. The van der Waals surface area contributed by atoms with Crippen LogP contribution in [0.25, 0.3) is 0 Å². The zero-order chi connectivity index (χ0) is 73.9. The fourth-order valence-electron chi connectivity index (χ4n) is 14.0. The topological polar surface area (TPSA) is 108 Å². The molecule has 0 saturated carbocycles. The molecule has 0 aromatic heterocycles. The first kappa shape index (κ1) is 99.2. The molecule has 0 rings (SSSR count). The number of hydrogen-bond acceptors (Lipinski definition) is 7. The summed E-state index contributed by atoms with van der Waals surface area (Å²) in [6.45, 7) is 4.86. The van der Waals surface area contributed by atoms with E-state index in [2.05, 4.69) is 62.5 Å². The van der Waals surface area contributed by atoms with E-state index in [0.29, 0.717) is 17.4 Å². The predicted molar refractivity (Wildman–Crippen MR) is 443 cm³/mol. The van der Waals surface area contributed by atoms with Gasteiger partial charge in [-0.1, -0.05) is 454 Å². The molecule has 2 unspecified atom stereocenters. The van der Waals surface area contributed by atoms with Gasteiger partial charge in [-0.2, -0.15) is 0 Å². The first-order chi connectivity index (χ1) is 50.1. The number of unbranched alkanes of at least 4 members (excludes halogenated alkanes) is 63. The number of carboxylic acid groups (broad SMARTS) is 1. The van der Waals surface area contributed by atoms with Crippen LogP contribution in [0.4, 0.5) is 0 Å². The van der Waals surface area contributed by atoms with Gasteiger partial charge in [-0.3, -0.25) is 9.59 Å². The lowest BCUT2D eigenvalue weighted by molar-refractivity contribution is -0.870. The standard InChI is InChI=1S/C93H175NO8/c1-6-8-10-12-14-16-18-20-22-24-26-28-30-32-34-36-38-40-42-44-45-46-47-48-50-52-54-56-58-60-62-64-66-68-70-72-74-76-78-80-82-84-91(96)102-89(88-101-93(92(97)98)99-86-85-94(3,4)5)87-100-90(95)83-81-79-77-75-73-71-69-67-65-63-61-59-57-55-53-51-49-43-41-39-37-35-33-31-29-27-25-23-21-19-17-15-13-11-9-7-2/h8,10,14,16,20,22,26,28,89,93H,6-7,9,11-13,15,17-19,21,23-25,27,29-88H2,1-5H3/p+1/b10-8-,16-14-,22-20-,28-26-. The maximum absolute atomic E-state index is 13.0. The largest absolute Gasteiger partial charge is 0.477 e. The molecule has 2 atom stereocenters. The van der Waals surface area contributed by atoms with Crippen LogP contribution >= 0.6 is 0 Å². The molecule has 600 valence electrons. The number of likely N-dealkylation sites (N-methyl/N-ethyl adjacent to an activating group) is 1. The van der Waals surface area contributed by atoms with Gasteiger partial charge in [-0.15, -0.1) is 0 Å². The van der Waals surface area contributed by atoms with Gasteiger partial charge in [0.15, 0.2) is 6.10 Å². The van der Waals surface area contributed by atoms with E-state index in [1.807, 2.05) is 21.1 Å². The number of allylic oxidation sites excluding steroid dienone is 8. The quantitative estimate of drug-likeness (QED) is 0.0211. The monoisotopic (exact) mass is 1440 g/mol. The van der Waals surface area contributed by atoms with Gasteiger partial charge < -0.3 is 28.5 Å². The second kappa shape index (κ2) is 83.9. The molecule has 0 fully saturated rings. The van der Waals surface area contributed by atoms with Crippen molar-refractivity contribution in [2.24, 2.45) is 0 Å². The summed E-state index contributed by atoms with van der Waals surface area (Å²) >= 11 is 0. The van der Waals surface area contributed by atoms with Crippen LogP contribution in [-0.4, -0.2) is 87.4 Å². The average molecular weight is 1440 g/mol. The first-order valence-electron chi connectivity index (χ1n) is 45.3. The fourth-order valence-corrected chi connectivity index (χ4v) is 14.0. The number of aliphatic carboxylic acids is 1. The minimum Gasteiger partial charge on any atom is -0.477 e. The van der Waals surface area contributed by atoms with E-state index >= 15 is 0 Å². The Labute approximate surface area is 635 Å². The third-order valence-electron chi connectivity index (χ3n) is 20.8. The number of carbonyl (C=O) groups excluding carboxylic acids is 2. The number of quaternary nitrogens is 1. The average Bonchev–Trinajstić information content (AvgIpc) is 0.999. The Morgan fingerprint density at radius 3 is 0.833 bits per heavy atom. The van der Waals surface area contributed by atoms with Crippen molar-refractivity contribution in [3.8, 4) is 0 Å². The smallest absolute Gasteiger partial charge is 0.361 e. The van der Waals surface area contributed by atoms with Crippen molar-refractivity contribution >= 4 is 17.9 Å². The molecule has 0 aliphatic heterocycles. The van der Waals surface area contributed by atoms with Crippen LogP contribution in [0.3, 0.4) is 0 Å². The predicted octanol–water partition coefficient (Wildman–Crippen LogP) is 29.6. The van der Waals surface area contributed by atoms with Crippen LogP contribution in [0.15, 0.2) is 48.6 Å². The van der Waals surface area contributed by atoms with E-state index in [0.717, 1.165) is 64.2 Å². The van der Waals surface area contributed by atoms with E-state index in [1.54, 1.807) is 0 Å². The van der Waals surface area contributed by atoms with Crippen LogP contribution < -0.4 is 0 Å². The highest BCUT2D eigenvalue weighted by Crippen LogP contribution is 2.21. The number of carbonyl (C=O) groups is 3. The summed E-state index contributed by atoms with van der Waals surface area (Å²) in [6, 6.07) is 0. The van der Waals surface area contributed by atoms with Crippen LogP contribution in [-0.2, 0) is 33.3 Å². The van der Waals surface area contributed by atoms with Gasteiger partial charge >= 0.3 is 17.9 Å². The summed E-state index contributed by atoms with van der Waals surface area (Å²) in [5.74, 6) is -1.96. The first-order valence-corrected chi connectivity index (χ1v) is 45.3. The van der Waals surface area contributed by atoms with Crippen molar-refractivity contribution in [2.75, 3.05) is 47.5 Å². The highest BCUT2D eigenvalue weighted by molar-refractivity contribution is 5.71. The van der Waals surface area contributed by atoms with Gasteiger partial charge in [0.1, 0.15) is 13.2 Å². The van der Waals surface area contributed by atoms with Gasteiger partial charge in [0.25, 0.3) is 6.29 Å². The molecule has 0 heterocycles. The Hall–Kier alpha value is -2.75. The van der Waals surface area contributed by atoms with Crippen LogP contribution in [0.5, 0.6) is 0 Å². The SMILES string of the molecule is CC/C=C\C/C=C\C/C=C\C/C=C\CCCCCCCCCCCCCCCCCCCCCCCCCCCCCCC(=O)OC(COC(=O)CCCCCCCCCCCCCCCCCCCCCCCCCCCCCCCCCCCCCC)COC(OCC[N+](C)(C)C)C(=O)O. The summed E-state index contributed by atoms with van der Waals surface area (Å²) in [4.78, 5) is 37.8. The highest BCUT2D eigenvalue weighted by atomic mass is 16.7. The van der Waals surface area contributed by atoms with Crippen LogP contribution in [0.2, 0.25) is 0 Å². The van der Waals surface area contributed by atoms with Gasteiger partial charge in [-0.05, 0) is 51.4 Å². The van der Waals surface area contributed by atoms with Crippen molar-refractivity contribution in [3.05, 3.63) is 48.6 Å². The van der Waals surface area contributed by atoms with Crippen LogP contribution in [0, 0.1) is 0 Å². The second-order valence-electron chi connectivity index (χ2n) is 32.2. The fraction of sp³-hybridized carbons (Fsp3) is 0.882. The molecular weight excluding hydrogens is 1260 g/mol. The molecule has 0 amide bonds. The van der Waals surface area contributed by atoms with Gasteiger partial charge in [-0.25, -0.2) is 4.79 Å². The van der Waals surface area contributed by atoms with E-state index in [4.69, 9.17) is 18.9 Å². The number of rotatable bonds is 86. The van der Waals surface area contributed by atoms with Crippen molar-refractivity contribution < 1.29 is 42.9 Å². The van der Waals surface area contributed by atoms with E-state index in [1.165, 1.54) is 379 Å². The van der Waals surface area contributed by atoms with E-state index in [-0.39, 0.29) is 38.2 Å². The molecule has 0 aliphatic carbocycles. The highest BCUT2D eigenvalue weighted by Gasteiger charge is 2.25. The normalized spacial score (nSPS) is 12.8. The van der Waals surface area contributed by atoms with Crippen molar-refractivity contribution in [1.29, 1.82) is 0 Å². The minimum atomic E-state index is -1.51. The Morgan fingerprint density at radius 1 is 0.304 bits per heavy atom. The lowest BCUT2D eigenvalue weighted by atomic mass is 10.0. The number of carboxylic acids is 1. The van der Waals surface area contributed by atoms with Gasteiger partial charge in [0.2, 0.25) is 0 Å². The molecule has 0 aliphatic rings. The third-order valence-corrected chi connectivity index (χ3v) is 20.8. The van der Waals surface area contributed by atoms with Gasteiger partial charge in [0.05, 0.1) is 34.4 Å². The lowest BCUT2D eigenvalue weighted by Gasteiger charge is -2.25. The Balaban J connectivity index is 3.88. The molecule has 0 bridgehead atoms. The number of esters is 2. The molecule has 0 saturated heterocycles. The summed E-state index contributed by atoms with van der Waals surface area (Å²) in [5.41, 5.74) is 0. The molecule has 0 aromatic carbocycles. The van der Waals surface area contributed by atoms with Crippen LogP contribution in [0.1, 0.15) is 470 Å². The zero-order valence-electron chi connectivity index (χ0n) is 69.1. The molecule has 0 radical (unpaired) electrons. The molecular formula is C93H176NO8+. The Bertz CT molecular complexity index is 1820. The number of nitrogens with zero attached hydrogens (tertiary/aromatic N) is 1. The lowest BCUT2D eigenvalue weighted by Crippen LogP contribution is -2.40. The van der Waals surface area contributed by atoms with E-state index < -0.39 is 18.4 Å². The number of hydrogen-bond donors (Lipinski definition) is 1. The number of ether oxygens (including phenoxy) is 4. The molecule has 9 nitrogen and oxygen atoms in total. The molecule has 0 aromatic rings. The van der Waals surface area contributed by atoms with Crippen molar-refractivity contribution in [2.45, 2.75) is 482 Å². The molecule has 1 N–H and O–H groups in total. The molecule has 102 heavy (non-hydrogen) atoms. The summed E-state index contributed by atoms with van der Waals surface area (Å²) in [6.07, 6.45) is 109. The summed E-state index contributed by atoms with van der Waals surface area (Å²) in [5, 5.41) is 9.80. The van der Waals surface area contributed by atoms with E-state index in [9.17, 15) is 19.5 Å². The second-order valence-corrected chi connectivity index (χ2v) is 32.2. The van der Waals surface area contributed by atoms with Crippen molar-refractivity contribution in [3.63, 3.8) is 0 Å². The Morgan fingerprint density at radius 2 is 0.559 bits per heavy atom. The summed E-state index contributed by atoms with van der Waals surface area (Å²) in [7, 11) is 6.01. The molecule has 9 heteroatoms. The maximum Gasteiger partial charge on any atom is 0.361 e. The van der Waals surface area contributed by atoms with Crippen molar-refractivity contribution in [1.82, 2.24) is 0 Å².